The molecular formula is C14H13ClN2O4. The van der Waals surface area contributed by atoms with Gasteiger partial charge >= 0.3 is 5.97 Å². The fourth-order valence-electron chi connectivity index (χ4n) is 2.09. The maximum absolute atomic E-state index is 11.7. The number of nitrogens with zero attached hydrogens (tertiary/aromatic N) is 1. The number of aliphatic carboxylic acids is 1. The Morgan fingerprint density at radius 1 is 1.48 bits per heavy atom. The summed E-state index contributed by atoms with van der Waals surface area (Å²) in [7, 11) is 0. The number of nitrogens with one attached hydrogen (secondary N) is 1. The molecule has 0 spiro atoms. The summed E-state index contributed by atoms with van der Waals surface area (Å²) in [5, 5.41) is 11.4. The van der Waals surface area contributed by atoms with Crippen molar-refractivity contribution in [2.75, 3.05) is 11.4 Å². The predicted molar refractivity (Wildman–Crippen MR) is 78.1 cm³/mol. The quantitative estimate of drug-likeness (QED) is 0.649. The molecule has 1 heterocycles. The highest BCUT2D eigenvalue weighted by Crippen LogP contribution is 2.28. The van der Waals surface area contributed by atoms with E-state index in [0.29, 0.717) is 16.3 Å². The molecule has 0 aliphatic carbocycles. The first-order valence-corrected chi connectivity index (χ1v) is 6.57. The maximum Gasteiger partial charge on any atom is 0.328 e. The number of amides is 2. The number of carbonyl (C=O) groups excluding carboxylic acids is 2. The van der Waals surface area contributed by atoms with Crippen LogP contribution in [0.3, 0.4) is 0 Å². The summed E-state index contributed by atoms with van der Waals surface area (Å²) in [6.45, 7) is 1.68. The van der Waals surface area contributed by atoms with Crippen LogP contribution < -0.4 is 10.2 Å². The van der Waals surface area contributed by atoms with Gasteiger partial charge in [0.2, 0.25) is 11.8 Å². The molecule has 0 aromatic heterocycles. The van der Waals surface area contributed by atoms with E-state index in [2.05, 4.69) is 5.32 Å². The second-order valence-electron chi connectivity index (χ2n) is 4.59. The van der Waals surface area contributed by atoms with Gasteiger partial charge in [0.1, 0.15) is 6.04 Å². The molecule has 0 bridgehead atoms. The van der Waals surface area contributed by atoms with Gasteiger partial charge in [-0.3, -0.25) is 14.9 Å². The van der Waals surface area contributed by atoms with Crippen molar-refractivity contribution >= 4 is 41.1 Å². The summed E-state index contributed by atoms with van der Waals surface area (Å²) in [5.74, 6) is -1.89. The average Bonchev–Trinajstić information content (AvgIpc) is 2.41. The van der Waals surface area contributed by atoms with Crippen LogP contribution in [-0.4, -0.2) is 35.5 Å². The van der Waals surface area contributed by atoms with E-state index in [1.54, 1.807) is 30.0 Å². The van der Waals surface area contributed by atoms with Gasteiger partial charge in [0.05, 0.1) is 6.54 Å². The molecule has 0 saturated carbocycles. The number of rotatable bonds is 3. The summed E-state index contributed by atoms with van der Waals surface area (Å²) < 4.78 is 0. The first kappa shape index (κ1) is 15.1. The standard InChI is InChI=1S/C14H13ClN2O4/c1-8-14(21)16-12(18)7-17(8)11-4-3-10(15)6-9(11)2-5-13(19)20/h2-6,8H,7H2,1H3,(H,19,20)(H,16,18,21)/b5-2+. The molecule has 1 fully saturated rings. The second kappa shape index (κ2) is 5.97. The molecule has 1 unspecified atom stereocenters. The van der Waals surface area contributed by atoms with E-state index in [9.17, 15) is 14.4 Å². The number of hydrogen-bond acceptors (Lipinski definition) is 4. The molecule has 2 amide bonds. The molecule has 1 aliphatic heterocycles. The number of anilines is 1. The smallest absolute Gasteiger partial charge is 0.328 e. The van der Waals surface area contributed by atoms with Crippen molar-refractivity contribution in [2.24, 2.45) is 0 Å². The summed E-state index contributed by atoms with van der Waals surface area (Å²) in [5.41, 5.74) is 1.10. The lowest BCUT2D eigenvalue weighted by molar-refractivity contribution is -0.133. The minimum absolute atomic E-state index is 0.0163. The topological polar surface area (TPSA) is 86.7 Å². The molecule has 2 N–H and O–H groups in total. The molecule has 2 rings (SSSR count). The van der Waals surface area contributed by atoms with Crippen molar-refractivity contribution in [2.45, 2.75) is 13.0 Å². The highest BCUT2D eigenvalue weighted by Gasteiger charge is 2.31. The van der Waals surface area contributed by atoms with Crippen LogP contribution in [0.5, 0.6) is 0 Å². The van der Waals surface area contributed by atoms with Crippen LogP contribution in [0, 0.1) is 0 Å². The SMILES string of the molecule is CC1C(=O)NC(=O)CN1c1ccc(Cl)cc1/C=C/C(=O)O. The molecule has 6 nitrogen and oxygen atoms in total. The monoisotopic (exact) mass is 308 g/mol. The van der Waals surface area contributed by atoms with Crippen molar-refractivity contribution in [3.63, 3.8) is 0 Å². The van der Waals surface area contributed by atoms with E-state index in [1.165, 1.54) is 6.08 Å². The van der Waals surface area contributed by atoms with Gasteiger partial charge in [-0.2, -0.15) is 0 Å². The van der Waals surface area contributed by atoms with Crippen molar-refractivity contribution in [1.29, 1.82) is 0 Å². The Kier molecular flexibility index (Phi) is 4.28. The minimum Gasteiger partial charge on any atom is -0.478 e. The highest BCUT2D eigenvalue weighted by molar-refractivity contribution is 6.30. The Labute approximate surface area is 126 Å². The first-order chi connectivity index (χ1) is 9.88. The van der Waals surface area contributed by atoms with Gasteiger partial charge in [0.25, 0.3) is 0 Å². The third-order valence-corrected chi connectivity index (χ3v) is 3.36. The predicted octanol–water partition coefficient (Wildman–Crippen LogP) is 1.29. The number of carbonyl (C=O) groups is 3. The van der Waals surface area contributed by atoms with Gasteiger partial charge in [-0.15, -0.1) is 0 Å². The summed E-state index contributed by atoms with van der Waals surface area (Å²) in [6, 6.07) is 4.33. The van der Waals surface area contributed by atoms with Gasteiger partial charge in [-0.25, -0.2) is 4.79 Å². The summed E-state index contributed by atoms with van der Waals surface area (Å²) in [4.78, 5) is 35.5. The summed E-state index contributed by atoms with van der Waals surface area (Å²) in [6.07, 6.45) is 2.36. The Morgan fingerprint density at radius 2 is 2.19 bits per heavy atom. The maximum atomic E-state index is 11.7. The van der Waals surface area contributed by atoms with Crippen molar-refractivity contribution in [3.8, 4) is 0 Å². The fourth-order valence-corrected chi connectivity index (χ4v) is 2.27. The zero-order chi connectivity index (χ0) is 15.6. The van der Waals surface area contributed by atoms with E-state index >= 15 is 0 Å². The van der Waals surface area contributed by atoms with Crippen LogP contribution in [0.25, 0.3) is 6.08 Å². The molecular weight excluding hydrogens is 296 g/mol. The lowest BCUT2D eigenvalue weighted by atomic mass is 10.1. The lowest BCUT2D eigenvalue weighted by Crippen LogP contribution is -2.57. The summed E-state index contributed by atoms with van der Waals surface area (Å²) >= 11 is 5.92. The number of imide groups is 1. The van der Waals surface area contributed by atoms with E-state index in [-0.39, 0.29) is 6.54 Å². The van der Waals surface area contributed by atoms with Crippen LogP contribution in [0.2, 0.25) is 5.02 Å². The largest absolute Gasteiger partial charge is 0.478 e. The van der Waals surface area contributed by atoms with Crippen LogP contribution in [-0.2, 0) is 14.4 Å². The number of benzene rings is 1. The van der Waals surface area contributed by atoms with E-state index in [1.807, 2.05) is 0 Å². The van der Waals surface area contributed by atoms with Crippen LogP contribution in [0.15, 0.2) is 24.3 Å². The molecule has 1 aromatic rings. The highest BCUT2D eigenvalue weighted by atomic mass is 35.5. The van der Waals surface area contributed by atoms with Gasteiger partial charge in [0, 0.05) is 16.8 Å². The Morgan fingerprint density at radius 3 is 2.86 bits per heavy atom. The molecule has 0 radical (unpaired) electrons. The second-order valence-corrected chi connectivity index (χ2v) is 5.03. The molecule has 1 atom stereocenters. The van der Waals surface area contributed by atoms with Gasteiger partial charge in [-0.05, 0) is 36.8 Å². The Bertz CT molecular complexity index is 642. The van der Waals surface area contributed by atoms with Crippen molar-refractivity contribution < 1.29 is 19.5 Å². The third kappa shape index (κ3) is 3.41. The van der Waals surface area contributed by atoms with E-state index < -0.39 is 23.8 Å². The normalized spacial score (nSPS) is 19.0. The van der Waals surface area contributed by atoms with Crippen LogP contribution >= 0.6 is 11.6 Å². The molecule has 7 heteroatoms. The number of piperazine rings is 1. The zero-order valence-electron chi connectivity index (χ0n) is 11.2. The van der Waals surface area contributed by atoms with Crippen molar-refractivity contribution in [1.82, 2.24) is 5.32 Å². The van der Waals surface area contributed by atoms with Crippen LogP contribution in [0.1, 0.15) is 12.5 Å². The number of carboxylic acids is 1. The first-order valence-electron chi connectivity index (χ1n) is 6.19. The zero-order valence-corrected chi connectivity index (χ0v) is 11.9. The average molecular weight is 309 g/mol. The molecule has 1 aliphatic rings. The van der Waals surface area contributed by atoms with Gasteiger partial charge in [0.15, 0.2) is 0 Å². The minimum atomic E-state index is -1.10. The van der Waals surface area contributed by atoms with Gasteiger partial charge < -0.3 is 10.0 Å². The van der Waals surface area contributed by atoms with Gasteiger partial charge in [-0.1, -0.05) is 11.6 Å². The molecule has 110 valence electrons. The van der Waals surface area contributed by atoms with E-state index in [4.69, 9.17) is 16.7 Å². The van der Waals surface area contributed by atoms with E-state index in [0.717, 1.165) is 6.08 Å². The molecule has 1 aromatic carbocycles. The Hall–Kier alpha value is -2.34. The number of halogens is 1. The Balaban J connectivity index is 2.44. The number of hydrogen-bond donors (Lipinski definition) is 2. The lowest BCUT2D eigenvalue weighted by Gasteiger charge is -2.34. The molecule has 1 saturated heterocycles. The van der Waals surface area contributed by atoms with Crippen molar-refractivity contribution in [3.05, 3.63) is 34.9 Å². The van der Waals surface area contributed by atoms with Crippen LogP contribution in [0.4, 0.5) is 5.69 Å². The fraction of sp³-hybridized carbons (Fsp3) is 0.214. The molecule has 21 heavy (non-hydrogen) atoms. The third-order valence-electron chi connectivity index (χ3n) is 3.13. The number of carboxylic acid groups (broad SMARTS) is 1.